The van der Waals surface area contributed by atoms with Gasteiger partial charge in [0.15, 0.2) is 0 Å². The second-order valence-corrected chi connectivity index (χ2v) is 6.74. The van der Waals surface area contributed by atoms with Gasteiger partial charge in [-0.1, -0.05) is 30.3 Å². The fraction of sp³-hybridized carbons (Fsp3) is 0.0476. The Bertz CT molecular complexity index is 1010. The molecule has 122 valence electrons. The third kappa shape index (κ3) is 3.44. The summed E-state index contributed by atoms with van der Waals surface area (Å²) >= 11 is 1.59. The summed E-state index contributed by atoms with van der Waals surface area (Å²) in [5, 5.41) is 5.90. The maximum absolute atomic E-state index is 12.6. The number of hydrogen-bond acceptors (Lipinski definition) is 3. The summed E-state index contributed by atoms with van der Waals surface area (Å²) in [4.78, 5) is 16.6. The van der Waals surface area contributed by atoms with Crippen LogP contribution < -0.4 is 5.32 Å². The Morgan fingerprint density at radius 2 is 1.64 bits per heavy atom. The van der Waals surface area contributed by atoms with E-state index >= 15 is 0 Å². The Morgan fingerprint density at radius 3 is 2.44 bits per heavy atom. The number of pyridine rings is 1. The van der Waals surface area contributed by atoms with E-state index in [1.54, 1.807) is 23.7 Å². The Hall–Kier alpha value is -2.98. The van der Waals surface area contributed by atoms with Gasteiger partial charge in [0.1, 0.15) is 0 Å². The third-order valence-electron chi connectivity index (χ3n) is 4.10. The number of rotatable bonds is 4. The van der Waals surface area contributed by atoms with E-state index in [0.717, 1.165) is 27.8 Å². The van der Waals surface area contributed by atoms with Crippen molar-refractivity contribution in [2.45, 2.75) is 6.42 Å². The summed E-state index contributed by atoms with van der Waals surface area (Å²) in [5.41, 5.74) is 3.95. The molecule has 0 atom stereocenters. The number of thiophene rings is 1. The van der Waals surface area contributed by atoms with Gasteiger partial charge >= 0.3 is 0 Å². The molecule has 0 aliphatic carbocycles. The summed E-state index contributed by atoms with van der Waals surface area (Å²) in [7, 11) is 0. The Kier molecular flexibility index (Phi) is 4.27. The lowest BCUT2D eigenvalue weighted by Gasteiger charge is -2.06. The summed E-state index contributed by atoms with van der Waals surface area (Å²) in [6.45, 7) is 0. The second-order valence-electron chi connectivity index (χ2n) is 5.83. The van der Waals surface area contributed by atoms with Crippen LogP contribution in [-0.4, -0.2) is 10.9 Å². The molecule has 0 unspecified atom stereocenters. The van der Waals surface area contributed by atoms with Gasteiger partial charge in [-0.25, -0.2) is 0 Å². The number of carbonyl (C=O) groups is 1. The number of hydrogen-bond donors (Lipinski definition) is 1. The fourth-order valence-corrected chi connectivity index (χ4v) is 3.74. The molecule has 0 radical (unpaired) electrons. The van der Waals surface area contributed by atoms with Crippen LogP contribution >= 0.6 is 11.3 Å². The summed E-state index contributed by atoms with van der Waals surface area (Å²) in [5.74, 6) is -0.0701. The smallest absolute Gasteiger partial charge is 0.257 e. The molecule has 0 fully saturated rings. The van der Waals surface area contributed by atoms with Crippen molar-refractivity contribution in [3.8, 4) is 0 Å². The fourth-order valence-electron chi connectivity index (χ4n) is 2.79. The highest BCUT2D eigenvalue weighted by atomic mass is 32.1. The van der Waals surface area contributed by atoms with Gasteiger partial charge in [0.05, 0.1) is 5.56 Å². The van der Waals surface area contributed by atoms with Crippen LogP contribution in [0, 0.1) is 0 Å². The first kappa shape index (κ1) is 15.5. The van der Waals surface area contributed by atoms with Crippen LogP contribution in [0.25, 0.3) is 10.1 Å². The van der Waals surface area contributed by atoms with Crippen LogP contribution in [0.1, 0.15) is 21.5 Å². The van der Waals surface area contributed by atoms with E-state index in [1.165, 1.54) is 11.1 Å². The van der Waals surface area contributed by atoms with Crippen LogP contribution in [0.2, 0.25) is 0 Å². The molecule has 2 heterocycles. The van der Waals surface area contributed by atoms with E-state index in [1.807, 2.05) is 66.0 Å². The first-order chi connectivity index (χ1) is 12.3. The number of anilines is 1. The largest absolute Gasteiger partial charge is 0.322 e. The molecule has 0 aliphatic heterocycles. The molecule has 1 N–H and O–H groups in total. The van der Waals surface area contributed by atoms with Crippen molar-refractivity contribution in [3.63, 3.8) is 0 Å². The van der Waals surface area contributed by atoms with Crippen LogP contribution in [0.5, 0.6) is 0 Å². The minimum atomic E-state index is -0.0701. The maximum atomic E-state index is 12.6. The molecule has 0 spiro atoms. The van der Waals surface area contributed by atoms with Gasteiger partial charge in [0, 0.05) is 33.5 Å². The predicted molar refractivity (Wildman–Crippen MR) is 103 cm³/mol. The van der Waals surface area contributed by atoms with Gasteiger partial charge in [0.2, 0.25) is 0 Å². The standard InChI is InChI=1S/C21H16N2OS/c24-21(19-14-25-20-4-2-1-3-18(19)20)23-17-7-5-15(6-8-17)13-16-9-11-22-12-10-16/h1-12,14H,13H2,(H,23,24). The predicted octanol–water partition coefficient (Wildman–Crippen LogP) is 5.14. The van der Waals surface area contributed by atoms with Gasteiger partial charge in [-0.3, -0.25) is 9.78 Å². The van der Waals surface area contributed by atoms with Crippen molar-refractivity contribution in [1.82, 2.24) is 4.98 Å². The van der Waals surface area contributed by atoms with E-state index in [-0.39, 0.29) is 5.91 Å². The molecule has 0 aliphatic rings. The Balaban J connectivity index is 1.48. The van der Waals surface area contributed by atoms with Crippen molar-refractivity contribution in [1.29, 1.82) is 0 Å². The Labute approximate surface area is 150 Å². The van der Waals surface area contributed by atoms with Crippen molar-refractivity contribution >= 4 is 33.0 Å². The summed E-state index contributed by atoms with van der Waals surface area (Å²) in [6.07, 6.45) is 4.45. The first-order valence-electron chi connectivity index (χ1n) is 8.05. The molecule has 3 nitrogen and oxygen atoms in total. The molecular formula is C21H16N2OS. The van der Waals surface area contributed by atoms with Crippen molar-refractivity contribution in [2.75, 3.05) is 5.32 Å². The van der Waals surface area contributed by atoms with Gasteiger partial charge in [-0.15, -0.1) is 11.3 Å². The van der Waals surface area contributed by atoms with E-state index in [2.05, 4.69) is 10.3 Å². The molecule has 1 amide bonds. The van der Waals surface area contributed by atoms with Gasteiger partial charge in [-0.2, -0.15) is 0 Å². The first-order valence-corrected chi connectivity index (χ1v) is 8.93. The van der Waals surface area contributed by atoms with Crippen LogP contribution in [0.4, 0.5) is 5.69 Å². The van der Waals surface area contributed by atoms with Gasteiger partial charge in [-0.05, 0) is 47.9 Å². The number of nitrogens with one attached hydrogen (secondary N) is 1. The number of benzene rings is 2. The molecule has 25 heavy (non-hydrogen) atoms. The second kappa shape index (κ2) is 6.87. The molecular weight excluding hydrogens is 328 g/mol. The van der Waals surface area contributed by atoms with Crippen LogP contribution in [0.15, 0.2) is 78.4 Å². The maximum Gasteiger partial charge on any atom is 0.257 e. The molecule has 4 heteroatoms. The lowest BCUT2D eigenvalue weighted by molar-refractivity contribution is 0.102. The summed E-state index contributed by atoms with van der Waals surface area (Å²) in [6, 6.07) is 20.0. The molecule has 2 aromatic heterocycles. The molecule has 0 bridgehead atoms. The van der Waals surface area contributed by atoms with Crippen LogP contribution in [0.3, 0.4) is 0 Å². The molecule has 4 rings (SSSR count). The quantitative estimate of drug-likeness (QED) is 0.557. The Morgan fingerprint density at radius 1 is 0.920 bits per heavy atom. The SMILES string of the molecule is O=C(Nc1ccc(Cc2ccncc2)cc1)c1csc2ccccc12. The highest BCUT2D eigenvalue weighted by Crippen LogP contribution is 2.26. The lowest BCUT2D eigenvalue weighted by atomic mass is 10.1. The zero-order chi connectivity index (χ0) is 17.1. The monoisotopic (exact) mass is 344 g/mol. The molecule has 2 aromatic carbocycles. The number of fused-ring (bicyclic) bond motifs is 1. The van der Waals surface area contributed by atoms with E-state index < -0.39 is 0 Å². The minimum absolute atomic E-state index is 0.0701. The number of amides is 1. The third-order valence-corrected chi connectivity index (χ3v) is 5.06. The van der Waals surface area contributed by atoms with E-state index in [0.29, 0.717) is 0 Å². The van der Waals surface area contributed by atoms with Crippen molar-refractivity contribution < 1.29 is 4.79 Å². The van der Waals surface area contributed by atoms with Gasteiger partial charge in [0.25, 0.3) is 5.91 Å². The molecule has 0 saturated heterocycles. The number of aromatic nitrogens is 1. The zero-order valence-electron chi connectivity index (χ0n) is 13.5. The molecule has 4 aromatic rings. The van der Waals surface area contributed by atoms with E-state index in [4.69, 9.17) is 0 Å². The topological polar surface area (TPSA) is 42.0 Å². The van der Waals surface area contributed by atoms with E-state index in [9.17, 15) is 4.79 Å². The number of carbonyl (C=O) groups excluding carboxylic acids is 1. The van der Waals surface area contributed by atoms with Gasteiger partial charge < -0.3 is 5.32 Å². The van der Waals surface area contributed by atoms with Crippen molar-refractivity contribution in [3.05, 3.63) is 95.1 Å². The zero-order valence-corrected chi connectivity index (χ0v) is 14.3. The van der Waals surface area contributed by atoms with Crippen LogP contribution in [-0.2, 0) is 6.42 Å². The summed E-state index contributed by atoms with van der Waals surface area (Å²) < 4.78 is 1.13. The minimum Gasteiger partial charge on any atom is -0.322 e. The highest BCUT2D eigenvalue weighted by molar-refractivity contribution is 7.17. The average Bonchev–Trinajstić information content (AvgIpc) is 3.08. The normalized spacial score (nSPS) is 10.7. The highest BCUT2D eigenvalue weighted by Gasteiger charge is 2.12. The average molecular weight is 344 g/mol. The van der Waals surface area contributed by atoms with Crippen molar-refractivity contribution in [2.24, 2.45) is 0 Å². The molecule has 0 saturated carbocycles. The number of nitrogens with zero attached hydrogens (tertiary/aromatic N) is 1. The lowest BCUT2D eigenvalue weighted by Crippen LogP contribution is -2.11.